The summed E-state index contributed by atoms with van der Waals surface area (Å²) < 4.78 is 0. The lowest BCUT2D eigenvalue weighted by atomic mass is 9.87. The van der Waals surface area contributed by atoms with Crippen LogP contribution in [0.2, 0.25) is 0 Å². The Balaban J connectivity index is 0.000000593. The van der Waals surface area contributed by atoms with Gasteiger partial charge in [0.15, 0.2) is 0 Å². The molecule has 0 N–H and O–H groups in total. The number of rotatable bonds is 4. The smallest absolute Gasteiger partial charge is 0.0656 e. The number of hydroxylamine groups is 2. The van der Waals surface area contributed by atoms with Gasteiger partial charge in [0.2, 0.25) is 0 Å². The summed E-state index contributed by atoms with van der Waals surface area (Å²) in [6, 6.07) is 9.00. The zero-order valence-corrected chi connectivity index (χ0v) is 16.1. The molecule has 1 aliphatic heterocycles. The van der Waals surface area contributed by atoms with Crippen molar-refractivity contribution in [3.05, 3.63) is 29.8 Å². The molecule has 1 heterocycles. The number of anilines is 1. The Morgan fingerprint density at radius 2 is 1.39 bits per heavy atom. The third-order valence-corrected chi connectivity index (χ3v) is 4.15. The van der Waals surface area contributed by atoms with Crippen LogP contribution >= 0.6 is 0 Å². The summed E-state index contributed by atoms with van der Waals surface area (Å²) in [4.78, 5) is 7.97. The van der Waals surface area contributed by atoms with E-state index >= 15 is 0 Å². The Bertz CT molecular complexity index is 412. The van der Waals surface area contributed by atoms with Gasteiger partial charge in [-0.3, -0.25) is 4.84 Å². The molecule has 0 aliphatic carbocycles. The maximum Gasteiger partial charge on any atom is 0.0656 e. The van der Waals surface area contributed by atoms with E-state index in [1.807, 2.05) is 6.92 Å². The van der Waals surface area contributed by atoms with Crippen LogP contribution in [0.5, 0.6) is 0 Å². The van der Waals surface area contributed by atoms with E-state index < -0.39 is 0 Å². The van der Waals surface area contributed by atoms with E-state index in [9.17, 15) is 0 Å². The molecular weight excluding hydrogens is 284 g/mol. The zero-order chi connectivity index (χ0) is 17.3. The first-order valence-corrected chi connectivity index (χ1v) is 9.15. The van der Waals surface area contributed by atoms with Gasteiger partial charge in [-0.1, -0.05) is 59.6 Å². The second kappa shape index (κ2) is 9.94. The van der Waals surface area contributed by atoms with Crippen molar-refractivity contribution in [3.8, 4) is 0 Å². The highest BCUT2D eigenvalue weighted by molar-refractivity contribution is 5.48. The number of piperazine rings is 1. The molecule has 1 aromatic carbocycles. The molecule has 0 spiro atoms. The number of unbranched alkanes of at least 4 members (excludes halogenated alkanes) is 1. The molecule has 132 valence electrons. The molecule has 1 aromatic rings. The van der Waals surface area contributed by atoms with Crippen molar-refractivity contribution < 1.29 is 4.84 Å². The van der Waals surface area contributed by atoms with Gasteiger partial charge in [-0.25, -0.2) is 0 Å². The van der Waals surface area contributed by atoms with Crippen LogP contribution in [-0.4, -0.2) is 37.8 Å². The van der Waals surface area contributed by atoms with Crippen LogP contribution in [0.4, 0.5) is 5.69 Å². The van der Waals surface area contributed by atoms with Crippen LogP contribution in [0.25, 0.3) is 0 Å². The first-order chi connectivity index (χ1) is 10.9. The Morgan fingerprint density at radius 1 is 0.870 bits per heavy atom. The van der Waals surface area contributed by atoms with E-state index in [-0.39, 0.29) is 5.41 Å². The van der Waals surface area contributed by atoms with E-state index in [1.165, 1.54) is 24.1 Å². The van der Waals surface area contributed by atoms with Crippen molar-refractivity contribution in [2.45, 2.75) is 59.8 Å². The molecule has 0 radical (unpaired) electrons. The van der Waals surface area contributed by atoms with Crippen molar-refractivity contribution in [2.75, 3.05) is 37.7 Å². The molecule has 3 heteroatoms. The van der Waals surface area contributed by atoms with E-state index in [4.69, 9.17) is 4.84 Å². The average molecular weight is 321 g/mol. The van der Waals surface area contributed by atoms with Crippen molar-refractivity contribution in [1.82, 2.24) is 5.06 Å². The number of benzene rings is 1. The minimum atomic E-state index is 0.228. The maximum atomic E-state index is 5.54. The van der Waals surface area contributed by atoms with Crippen molar-refractivity contribution in [1.29, 1.82) is 0 Å². The molecule has 0 bridgehead atoms. The first-order valence-electron chi connectivity index (χ1n) is 9.15. The zero-order valence-electron chi connectivity index (χ0n) is 16.1. The van der Waals surface area contributed by atoms with Gasteiger partial charge in [-0.2, -0.15) is 5.06 Å². The average Bonchev–Trinajstić information content (AvgIpc) is 2.55. The van der Waals surface area contributed by atoms with Gasteiger partial charge in [0, 0.05) is 31.9 Å². The lowest BCUT2D eigenvalue weighted by Crippen LogP contribution is -2.46. The topological polar surface area (TPSA) is 15.7 Å². The van der Waals surface area contributed by atoms with E-state index in [1.54, 1.807) is 0 Å². The molecule has 1 aliphatic rings. The lowest BCUT2D eigenvalue weighted by Gasteiger charge is -2.35. The number of hydrogen-bond acceptors (Lipinski definition) is 3. The van der Waals surface area contributed by atoms with Gasteiger partial charge in [0.25, 0.3) is 0 Å². The molecule has 0 aromatic heterocycles. The first kappa shape index (κ1) is 20.0. The van der Waals surface area contributed by atoms with Crippen LogP contribution in [0, 0.1) is 0 Å². The highest BCUT2D eigenvalue weighted by atomic mass is 16.7. The van der Waals surface area contributed by atoms with Gasteiger partial charge < -0.3 is 4.90 Å². The van der Waals surface area contributed by atoms with Gasteiger partial charge in [0.1, 0.15) is 0 Å². The molecule has 0 saturated carbocycles. The Labute approximate surface area is 143 Å². The lowest BCUT2D eigenvalue weighted by molar-refractivity contribution is -0.156. The van der Waals surface area contributed by atoms with E-state index in [0.717, 1.165) is 32.8 Å². The molecule has 2 rings (SSSR count). The normalized spacial score (nSPS) is 16.0. The fourth-order valence-electron chi connectivity index (χ4n) is 2.43. The van der Waals surface area contributed by atoms with Gasteiger partial charge in [0.05, 0.1) is 6.61 Å². The van der Waals surface area contributed by atoms with Crippen molar-refractivity contribution in [2.24, 2.45) is 0 Å². The van der Waals surface area contributed by atoms with Crippen molar-refractivity contribution >= 4 is 5.69 Å². The van der Waals surface area contributed by atoms with E-state index in [2.05, 4.69) is 68.8 Å². The number of nitrogens with zero attached hydrogens (tertiary/aromatic N) is 2. The Kier molecular flexibility index (Phi) is 8.64. The standard InChI is InChI=1S/C16H26N2O.C4H10/c1-5-19-18-12-10-17(11-13-18)15-8-6-14(7-9-15)16(2,3)4;1-3-4-2/h6-9H,5,10-13H2,1-4H3;3-4H2,1-2H3. The monoisotopic (exact) mass is 320 g/mol. The SMILES string of the molecule is CCCC.CCON1CCN(c2ccc(C(C)(C)C)cc2)CC1. The molecule has 1 saturated heterocycles. The van der Waals surface area contributed by atoms with Crippen LogP contribution in [0.1, 0.15) is 59.9 Å². The second-order valence-corrected chi connectivity index (χ2v) is 7.13. The summed E-state index contributed by atoms with van der Waals surface area (Å²) in [5.41, 5.74) is 2.94. The molecule has 1 fully saturated rings. The quantitative estimate of drug-likeness (QED) is 0.787. The van der Waals surface area contributed by atoms with Gasteiger partial charge in [-0.15, -0.1) is 0 Å². The Morgan fingerprint density at radius 3 is 1.78 bits per heavy atom. The summed E-state index contributed by atoms with van der Waals surface area (Å²) in [7, 11) is 0. The second-order valence-electron chi connectivity index (χ2n) is 7.13. The predicted molar refractivity (Wildman–Crippen MR) is 101 cm³/mol. The molecule has 3 nitrogen and oxygen atoms in total. The molecule has 0 atom stereocenters. The van der Waals surface area contributed by atoms with Crippen LogP contribution in [-0.2, 0) is 10.3 Å². The fourth-order valence-corrected chi connectivity index (χ4v) is 2.43. The number of hydrogen-bond donors (Lipinski definition) is 0. The van der Waals surface area contributed by atoms with E-state index in [0.29, 0.717) is 0 Å². The summed E-state index contributed by atoms with van der Waals surface area (Å²) >= 11 is 0. The predicted octanol–water partition coefficient (Wildman–Crippen LogP) is 4.86. The van der Waals surface area contributed by atoms with Crippen molar-refractivity contribution in [3.63, 3.8) is 0 Å². The maximum absolute atomic E-state index is 5.54. The van der Waals surface area contributed by atoms with Gasteiger partial charge in [-0.05, 0) is 30.0 Å². The highest BCUT2D eigenvalue weighted by Gasteiger charge is 2.18. The summed E-state index contributed by atoms with van der Waals surface area (Å²) in [5.74, 6) is 0. The largest absolute Gasteiger partial charge is 0.369 e. The van der Waals surface area contributed by atoms with Crippen LogP contribution < -0.4 is 4.90 Å². The fraction of sp³-hybridized carbons (Fsp3) is 0.700. The minimum Gasteiger partial charge on any atom is -0.369 e. The van der Waals surface area contributed by atoms with Crippen LogP contribution in [0.15, 0.2) is 24.3 Å². The summed E-state index contributed by atoms with van der Waals surface area (Å²) in [6.45, 7) is 18.0. The van der Waals surface area contributed by atoms with Crippen LogP contribution in [0.3, 0.4) is 0 Å². The Hall–Kier alpha value is -1.06. The summed E-state index contributed by atoms with van der Waals surface area (Å²) in [6.07, 6.45) is 2.64. The third kappa shape index (κ3) is 6.92. The molecule has 0 unspecified atom stereocenters. The highest BCUT2D eigenvalue weighted by Crippen LogP contribution is 2.25. The molecule has 23 heavy (non-hydrogen) atoms. The molecular formula is C20H36N2O. The minimum absolute atomic E-state index is 0.228. The molecule has 0 amide bonds. The third-order valence-electron chi connectivity index (χ3n) is 4.15. The summed E-state index contributed by atoms with van der Waals surface area (Å²) in [5, 5.41) is 2.07. The van der Waals surface area contributed by atoms with Gasteiger partial charge >= 0.3 is 0 Å².